The Morgan fingerprint density at radius 2 is 1.88 bits per heavy atom. The fraction of sp³-hybridized carbons (Fsp3) is 0.292. The Hall–Kier alpha value is -3.79. The molecule has 1 N–H and O–H groups in total. The van der Waals surface area contributed by atoms with Gasteiger partial charge in [-0.2, -0.15) is 4.80 Å². The molecule has 1 aromatic carbocycles. The summed E-state index contributed by atoms with van der Waals surface area (Å²) in [6, 6.07) is 15.5. The lowest BCUT2D eigenvalue weighted by Gasteiger charge is -2.32. The van der Waals surface area contributed by atoms with Gasteiger partial charge in [0, 0.05) is 16.1 Å². The SMILES string of the molecule is Cc1ccc(-c2nnn(CC(=O)N(c3ccccc3)[C@H](C(=O)NC(C)(C)C)c3cccs3)n2)o1. The first-order chi connectivity index (χ1) is 16.2. The van der Waals surface area contributed by atoms with Gasteiger partial charge >= 0.3 is 0 Å². The van der Waals surface area contributed by atoms with Crippen molar-refractivity contribution in [2.24, 2.45) is 0 Å². The minimum absolute atomic E-state index is 0.202. The number of amides is 2. The Morgan fingerprint density at radius 1 is 1.12 bits per heavy atom. The molecule has 176 valence electrons. The second-order valence-electron chi connectivity index (χ2n) is 8.81. The van der Waals surface area contributed by atoms with Crippen LogP contribution in [-0.2, 0) is 16.1 Å². The van der Waals surface area contributed by atoms with Crippen LogP contribution in [-0.4, -0.2) is 37.6 Å². The van der Waals surface area contributed by atoms with E-state index >= 15 is 0 Å². The zero-order chi connectivity index (χ0) is 24.3. The van der Waals surface area contributed by atoms with Crippen molar-refractivity contribution in [3.05, 3.63) is 70.6 Å². The van der Waals surface area contributed by atoms with Crippen LogP contribution in [0.5, 0.6) is 0 Å². The third kappa shape index (κ3) is 5.40. The molecule has 4 rings (SSSR count). The van der Waals surface area contributed by atoms with Crippen LogP contribution in [0.2, 0.25) is 0 Å². The fourth-order valence-electron chi connectivity index (χ4n) is 3.44. The van der Waals surface area contributed by atoms with Crippen molar-refractivity contribution < 1.29 is 14.0 Å². The lowest BCUT2D eigenvalue weighted by Crippen LogP contribution is -2.50. The highest BCUT2D eigenvalue weighted by atomic mass is 32.1. The van der Waals surface area contributed by atoms with Crippen molar-refractivity contribution >= 4 is 28.8 Å². The number of carbonyl (C=O) groups is 2. The lowest BCUT2D eigenvalue weighted by molar-refractivity contribution is -0.128. The van der Waals surface area contributed by atoms with E-state index in [2.05, 4.69) is 20.7 Å². The Labute approximate surface area is 201 Å². The van der Waals surface area contributed by atoms with E-state index in [0.717, 1.165) is 10.6 Å². The number of aryl methyl sites for hydroxylation is 1. The summed E-state index contributed by atoms with van der Waals surface area (Å²) in [6.45, 7) is 7.33. The summed E-state index contributed by atoms with van der Waals surface area (Å²) >= 11 is 1.42. The van der Waals surface area contributed by atoms with Crippen molar-refractivity contribution in [1.29, 1.82) is 0 Å². The van der Waals surface area contributed by atoms with Crippen LogP contribution in [0.3, 0.4) is 0 Å². The maximum Gasteiger partial charge on any atom is 0.251 e. The number of rotatable bonds is 7. The molecule has 34 heavy (non-hydrogen) atoms. The van der Waals surface area contributed by atoms with Crippen molar-refractivity contribution in [2.75, 3.05) is 4.90 Å². The summed E-state index contributed by atoms with van der Waals surface area (Å²) in [5.74, 6) is 0.851. The molecule has 1 atom stereocenters. The van der Waals surface area contributed by atoms with E-state index in [-0.39, 0.29) is 24.2 Å². The van der Waals surface area contributed by atoms with E-state index in [1.54, 1.807) is 24.3 Å². The predicted octanol–water partition coefficient (Wildman–Crippen LogP) is 3.99. The van der Waals surface area contributed by atoms with Crippen LogP contribution in [0.15, 0.2) is 64.4 Å². The number of hydrogen-bond acceptors (Lipinski definition) is 7. The molecule has 4 aromatic rings. The molecule has 10 heteroatoms. The first-order valence-corrected chi connectivity index (χ1v) is 11.7. The Kier molecular flexibility index (Phi) is 6.60. The van der Waals surface area contributed by atoms with Crippen LogP contribution >= 0.6 is 11.3 Å². The molecule has 3 aromatic heterocycles. The molecule has 0 aliphatic heterocycles. The molecule has 0 aliphatic rings. The number of aromatic nitrogens is 4. The topological polar surface area (TPSA) is 106 Å². The van der Waals surface area contributed by atoms with Crippen molar-refractivity contribution in [1.82, 2.24) is 25.5 Å². The van der Waals surface area contributed by atoms with Gasteiger partial charge in [-0.25, -0.2) is 0 Å². The first-order valence-electron chi connectivity index (χ1n) is 10.8. The van der Waals surface area contributed by atoms with Gasteiger partial charge in [0.15, 0.2) is 5.76 Å². The van der Waals surface area contributed by atoms with Gasteiger partial charge in [-0.15, -0.1) is 21.5 Å². The third-order valence-corrected chi connectivity index (χ3v) is 5.74. The fourth-order valence-corrected chi connectivity index (χ4v) is 4.26. The molecule has 9 nitrogen and oxygen atoms in total. The predicted molar refractivity (Wildman–Crippen MR) is 129 cm³/mol. The third-order valence-electron chi connectivity index (χ3n) is 4.81. The highest BCUT2D eigenvalue weighted by Crippen LogP contribution is 2.31. The van der Waals surface area contributed by atoms with Crippen molar-refractivity contribution in [2.45, 2.75) is 45.8 Å². The standard InChI is InChI=1S/C24H26N6O3S/c1-16-12-13-18(33-16)22-26-28-29(27-22)15-20(31)30(17-9-6-5-7-10-17)21(19-11-8-14-34-19)23(32)25-24(2,3)4/h5-14,21H,15H2,1-4H3,(H,25,32)/t21-/m0/s1. The largest absolute Gasteiger partial charge is 0.458 e. The monoisotopic (exact) mass is 478 g/mol. The maximum atomic E-state index is 13.7. The highest BCUT2D eigenvalue weighted by molar-refractivity contribution is 7.10. The Morgan fingerprint density at radius 3 is 2.50 bits per heavy atom. The maximum absolute atomic E-state index is 13.7. The number of carbonyl (C=O) groups excluding carboxylic acids is 2. The number of benzene rings is 1. The van der Waals surface area contributed by atoms with Crippen molar-refractivity contribution in [3.8, 4) is 11.6 Å². The van der Waals surface area contributed by atoms with Crippen LogP contribution in [0.25, 0.3) is 11.6 Å². The first kappa shape index (κ1) is 23.4. The number of nitrogens with zero attached hydrogens (tertiary/aromatic N) is 5. The molecule has 0 saturated heterocycles. The van der Waals surface area contributed by atoms with E-state index in [9.17, 15) is 9.59 Å². The van der Waals surface area contributed by atoms with Gasteiger partial charge in [0.2, 0.25) is 11.7 Å². The minimum atomic E-state index is -0.857. The summed E-state index contributed by atoms with van der Waals surface area (Å²) in [6.07, 6.45) is 0. The number of para-hydroxylation sites is 1. The second kappa shape index (κ2) is 9.60. The van der Waals surface area contributed by atoms with Crippen LogP contribution < -0.4 is 10.2 Å². The van der Waals surface area contributed by atoms with E-state index < -0.39 is 11.6 Å². The second-order valence-corrected chi connectivity index (χ2v) is 9.79. The number of thiophene rings is 1. The molecule has 0 aliphatic carbocycles. The van der Waals surface area contributed by atoms with E-state index in [1.165, 1.54) is 21.0 Å². The molecule has 0 saturated carbocycles. The van der Waals surface area contributed by atoms with Gasteiger partial charge in [-0.1, -0.05) is 24.3 Å². The summed E-state index contributed by atoms with van der Waals surface area (Å²) in [5.41, 5.74) is 0.124. The Balaban J connectivity index is 1.68. The summed E-state index contributed by atoms with van der Waals surface area (Å²) < 4.78 is 5.54. The average Bonchev–Trinajstić information content (AvgIpc) is 3.53. The van der Waals surface area contributed by atoms with E-state index in [0.29, 0.717) is 11.4 Å². The molecule has 0 radical (unpaired) electrons. The molecule has 0 fully saturated rings. The highest BCUT2D eigenvalue weighted by Gasteiger charge is 2.35. The number of tetrazole rings is 1. The number of hydrogen-bond donors (Lipinski definition) is 1. The summed E-state index contributed by atoms with van der Waals surface area (Å²) in [4.78, 5) is 30.6. The van der Waals surface area contributed by atoms with Crippen LogP contribution in [0.4, 0.5) is 5.69 Å². The van der Waals surface area contributed by atoms with Gasteiger partial charge in [0.1, 0.15) is 18.3 Å². The average molecular weight is 479 g/mol. The molecule has 0 spiro atoms. The molecule has 3 heterocycles. The molecular formula is C24H26N6O3S. The smallest absolute Gasteiger partial charge is 0.251 e. The van der Waals surface area contributed by atoms with Gasteiger partial charge in [-0.05, 0) is 68.6 Å². The molecule has 0 unspecified atom stereocenters. The van der Waals surface area contributed by atoms with Gasteiger partial charge in [0.25, 0.3) is 5.91 Å². The summed E-state index contributed by atoms with van der Waals surface area (Å²) in [5, 5.41) is 17.2. The Bertz CT molecular complexity index is 1260. The van der Waals surface area contributed by atoms with Crippen molar-refractivity contribution in [3.63, 3.8) is 0 Å². The van der Waals surface area contributed by atoms with E-state index in [1.807, 2.05) is 63.4 Å². The minimum Gasteiger partial charge on any atom is -0.458 e. The quantitative estimate of drug-likeness (QED) is 0.430. The normalized spacial score (nSPS) is 12.4. The van der Waals surface area contributed by atoms with Gasteiger partial charge in [0.05, 0.1) is 0 Å². The number of anilines is 1. The zero-order valence-corrected chi connectivity index (χ0v) is 20.2. The zero-order valence-electron chi connectivity index (χ0n) is 19.4. The van der Waals surface area contributed by atoms with Crippen LogP contribution in [0, 0.1) is 6.92 Å². The lowest BCUT2D eigenvalue weighted by atomic mass is 10.1. The van der Waals surface area contributed by atoms with Gasteiger partial charge in [-0.3, -0.25) is 14.5 Å². The number of furan rings is 1. The summed E-state index contributed by atoms with van der Waals surface area (Å²) in [7, 11) is 0. The van der Waals surface area contributed by atoms with E-state index in [4.69, 9.17) is 4.42 Å². The number of nitrogens with one attached hydrogen (secondary N) is 1. The molecular weight excluding hydrogens is 452 g/mol. The molecule has 0 bridgehead atoms. The van der Waals surface area contributed by atoms with Crippen LogP contribution in [0.1, 0.15) is 37.5 Å². The molecule has 2 amide bonds. The van der Waals surface area contributed by atoms with Gasteiger partial charge < -0.3 is 9.73 Å².